The van der Waals surface area contributed by atoms with E-state index in [4.69, 9.17) is 5.21 Å². The molecule has 5 N–H and O–H groups in total. The van der Waals surface area contributed by atoms with E-state index >= 15 is 0 Å². The molecule has 0 fully saturated rings. The first-order chi connectivity index (χ1) is 15.9. The standard InChI is InChI=1S/C21H20F2N6O3S/c22-16-3-2-13(7-17(16)23)21(31)24-9-14-10-29(28-26-14)15(8-20(30)27-32)5-12-1-4-18-19(6-12)33-11-25-18/h1-4,6-7,10-11,15,26,28,32H,5,8-9H2,(H,24,31)(H,27,30)/t15-/m1/s1. The van der Waals surface area contributed by atoms with Crippen LogP contribution in [0.5, 0.6) is 0 Å². The summed E-state index contributed by atoms with van der Waals surface area (Å²) in [4.78, 5) is 28.3. The van der Waals surface area contributed by atoms with Gasteiger partial charge in [-0.2, -0.15) is 0 Å². The van der Waals surface area contributed by atoms with E-state index in [2.05, 4.69) is 21.3 Å². The Hall–Kier alpha value is -3.61. The van der Waals surface area contributed by atoms with Crippen LogP contribution in [0.15, 0.2) is 53.8 Å². The smallest absolute Gasteiger partial charge is 0.251 e. The van der Waals surface area contributed by atoms with Crippen molar-refractivity contribution in [2.45, 2.75) is 18.9 Å². The van der Waals surface area contributed by atoms with Crippen LogP contribution in [0.1, 0.15) is 22.3 Å². The van der Waals surface area contributed by atoms with Crippen LogP contribution in [0.3, 0.4) is 0 Å². The highest BCUT2D eigenvalue weighted by Gasteiger charge is 2.24. The normalized spacial score (nSPS) is 14.0. The third kappa shape index (κ3) is 5.42. The number of carbonyl (C=O) groups is 2. The highest BCUT2D eigenvalue weighted by atomic mass is 32.1. The van der Waals surface area contributed by atoms with Gasteiger partial charge in [0.25, 0.3) is 5.91 Å². The molecule has 3 aromatic rings. The second kappa shape index (κ2) is 9.90. The van der Waals surface area contributed by atoms with E-state index in [9.17, 15) is 18.4 Å². The van der Waals surface area contributed by atoms with Crippen molar-refractivity contribution in [2.75, 3.05) is 6.54 Å². The average molecular weight is 474 g/mol. The molecule has 1 aliphatic rings. The predicted molar refractivity (Wildman–Crippen MR) is 117 cm³/mol. The predicted octanol–water partition coefficient (Wildman–Crippen LogP) is 1.98. The van der Waals surface area contributed by atoms with Crippen molar-refractivity contribution in [3.63, 3.8) is 0 Å². The molecular formula is C21H20F2N6O3S. The molecule has 172 valence electrons. The summed E-state index contributed by atoms with van der Waals surface area (Å²) in [5.41, 5.74) is 11.7. The summed E-state index contributed by atoms with van der Waals surface area (Å²) >= 11 is 1.52. The summed E-state index contributed by atoms with van der Waals surface area (Å²) in [6.45, 7) is 0.0765. The molecule has 0 radical (unpaired) electrons. The minimum Gasteiger partial charge on any atom is -0.346 e. The molecule has 0 saturated heterocycles. The van der Waals surface area contributed by atoms with Crippen molar-refractivity contribution in [3.8, 4) is 0 Å². The summed E-state index contributed by atoms with van der Waals surface area (Å²) in [7, 11) is 0. The first-order valence-electron chi connectivity index (χ1n) is 9.92. The number of hydrogen-bond donors (Lipinski definition) is 5. The fraction of sp³-hybridized carbons (Fsp3) is 0.190. The molecule has 0 spiro atoms. The van der Waals surface area contributed by atoms with Gasteiger partial charge in [-0.15, -0.1) is 16.9 Å². The van der Waals surface area contributed by atoms with E-state index in [1.165, 1.54) is 17.4 Å². The van der Waals surface area contributed by atoms with E-state index in [1.807, 2.05) is 18.2 Å². The lowest BCUT2D eigenvalue weighted by Gasteiger charge is -2.26. The fourth-order valence-corrected chi connectivity index (χ4v) is 4.14. The number of hydrazine groups is 2. The van der Waals surface area contributed by atoms with Gasteiger partial charge in [-0.25, -0.2) is 19.2 Å². The maximum atomic E-state index is 13.4. The quantitative estimate of drug-likeness (QED) is 0.250. The lowest BCUT2D eigenvalue weighted by molar-refractivity contribution is -0.130. The van der Waals surface area contributed by atoms with Gasteiger partial charge < -0.3 is 10.7 Å². The van der Waals surface area contributed by atoms with Crippen molar-refractivity contribution < 1.29 is 23.6 Å². The van der Waals surface area contributed by atoms with Crippen LogP contribution in [0.2, 0.25) is 0 Å². The Labute approximate surface area is 191 Å². The fourth-order valence-electron chi connectivity index (χ4n) is 3.40. The maximum Gasteiger partial charge on any atom is 0.251 e. The molecule has 4 rings (SSSR count). The Bertz CT molecular complexity index is 1220. The molecule has 1 aliphatic heterocycles. The van der Waals surface area contributed by atoms with Crippen molar-refractivity contribution in [1.82, 2.24) is 31.8 Å². The number of thiazole rings is 1. The number of halogens is 2. The molecular weight excluding hydrogens is 454 g/mol. The number of fused-ring (bicyclic) bond motifs is 1. The highest BCUT2D eigenvalue weighted by Crippen LogP contribution is 2.22. The van der Waals surface area contributed by atoms with E-state index in [-0.39, 0.29) is 24.6 Å². The van der Waals surface area contributed by atoms with Crippen LogP contribution < -0.4 is 21.8 Å². The summed E-state index contributed by atoms with van der Waals surface area (Å²) in [5.74, 6) is -3.24. The van der Waals surface area contributed by atoms with Crippen LogP contribution in [0, 0.1) is 11.6 Å². The lowest BCUT2D eigenvalue weighted by atomic mass is 10.0. The SMILES string of the molecule is O=C(C[C@@H](Cc1ccc2ncsc2c1)N1C=C(CNC(=O)c2ccc(F)c(F)c2)NN1)NO. The van der Waals surface area contributed by atoms with Gasteiger partial charge in [-0.3, -0.25) is 19.8 Å². The van der Waals surface area contributed by atoms with Crippen molar-refractivity contribution in [3.05, 3.63) is 76.6 Å². The summed E-state index contributed by atoms with van der Waals surface area (Å²) in [6, 6.07) is 8.40. The molecule has 12 heteroatoms. The lowest BCUT2D eigenvalue weighted by Crippen LogP contribution is -2.46. The van der Waals surface area contributed by atoms with Gasteiger partial charge in [-0.05, 0) is 42.3 Å². The van der Waals surface area contributed by atoms with Gasteiger partial charge in [-0.1, -0.05) is 6.07 Å². The number of hydroxylamine groups is 1. The van der Waals surface area contributed by atoms with Gasteiger partial charge in [0, 0.05) is 11.8 Å². The molecule has 2 aromatic carbocycles. The second-order valence-electron chi connectivity index (χ2n) is 7.36. The van der Waals surface area contributed by atoms with Crippen molar-refractivity contribution in [1.29, 1.82) is 0 Å². The molecule has 0 saturated carbocycles. The molecule has 0 unspecified atom stereocenters. The molecule has 0 bridgehead atoms. The van der Waals surface area contributed by atoms with E-state index in [0.29, 0.717) is 12.1 Å². The van der Waals surface area contributed by atoms with Gasteiger partial charge in [0.05, 0.1) is 40.4 Å². The number of rotatable bonds is 8. The van der Waals surface area contributed by atoms with Crippen LogP contribution in [0.4, 0.5) is 8.78 Å². The number of carbonyl (C=O) groups excluding carboxylic acids is 2. The zero-order chi connectivity index (χ0) is 23.4. The van der Waals surface area contributed by atoms with Crippen molar-refractivity contribution in [2.24, 2.45) is 0 Å². The van der Waals surface area contributed by atoms with Crippen LogP contribution in [0.25, 0.3) is 10.2 Å². The summed E-state index contributed by atoms with van der Waals surface area (Å²) < 4.78 is 27.4. The van der Waals surface area contributed by atoms with E-state index < -0.39 is 23.4 Å². The number of hydrogen-bond acceptors (Lipinski definition) is 8. The Balaban J connectivity index is 1.42. The van der Waals surface area contributed by atoms with Gasteiger partial charge in [0.15, 0.2) is 11.6 Å². The Morgan fingerprint density at radius 2 is 2.03 bits per heavy atom. The molecule has 1 aromatic heterocycles. The average Bonchev–Trinajstić information content (AvgIpc) is 3.48. The monoisotopic (exact) mass is 474 g/mol. The highest BCUT2D eigenvalue weighted by molar-refractivity contribution is 7.16. The molecule has 0 aliphatic carbocycles. The van der Waals surface area contributed by atoms with Crippen molar-refractivity contribution >= 4 is 33.4 Å². The first kappa shape index (κ1) is 22.6. The maximum absolute atomic E-state index is 13.4. The third-order valence-corrected chi connectivity index (χ3v) is 5.86. The number of benzene rings is 2. The molecule has 2 heterocycles. The zero-order valence-corrected chi connectivity index (χ0v) is 18.0. The second-order valence-corrected chi connectivity index (χ2v) is 8.25. The first-order valence-corrected chi connectivity index (χ1v) is 10.8. The summed E-state index contributed by atoms with van der Waals surface area (Å²) in [5, 5.41) is 13.3. The minimum atomic E-state index is -1.10. The third-order valence-electron chi connectivity index (χ3n) is 5.07. The number of aromatic nitrogens is 1. The number of nitrogens with zero attached hydrogens (tertiary/aromatic N) is 2. The zero-order valence-electron chi connectivity index (χ0n) is 17.1. The largest absolute Gasteiger partial charge is 0.346 e. The van der Waals surface area contributed by atoms with E-state index in [1.54, 1.807) is 22.2 Å². The Kier molecular flexibility index (Phi) is 6.77. The van der Waals surface area contributed by atoms with Gasteiger partial charge in [0.1, 0.15) is 0 Å². The van der Waals surface area contributed by atoms with E-state index in [0.717, 1.165) is 27.9 Å². The number of nitrogens with one attached hydrogen (secondary N) is 4. The van der Waals surface area contributed by atoms with Gasteiger partial charge >= 0.3 is 0 Å². The Morgan fingerprint density at radius 1 is 1.18 bits per heavy atom. The molecule has 9 nitrogen and oxygen atoms in total. The molecule has 2 amide bonds. The number of amides is 2. The van der Waals surface area contributed by atoms with Gasteiger partial charge in [0.2, 0.25) is 5.91 Å². The topological polar surface area (TPSA) is 119 Å². The Morgan fingerprint density at radius 3 is 2.82 bits per heavy atom. The van der Waals surface area contributed by atoms with Crippen LogP contribution >= 0.6 is 11.3 Å². The molecule has 1 atom stereocenters. The van der Waals surface area contributed by atoms with Crippen LogP contribution in [-0.4, -0.2) is 39.6 Å². The summed E-state index contributed by atoms with van der Waals surface area (Å²) in [6.07, 6.45) is 2.17. The molecule has 33 heavy (non-hydrogen) atoms. The van der Waals surface area contributed by atoms with Crippen LogP contribution in [-0.2, 0) is 11.2 Å². The minimum absolute atomic E-state index is 0.00307.